The summed E-state index contributed by atoms with van der Waals surface area (Å²) in [5, 5.41) is 0. The first-order valence-electron chi connectivity index (χ1n) is 25.0. The monoisotopic (exact) mass is 829 g/mol. The van der Waals surface area contributed by atoms with Gasteiger partial charge < -0.3 is 0 Å². The minimum Gasteiger partial charge on any atom is -0.0839 e. The van der Waals surface area contributed by atoms with Gasteiger partial charge in [0.15, 0.2) is 0 Å². The number of rotatable bonds is 11. The van der Waals surface area contributed by atoms with Crippen LogP contribution in [0.25, 0.3) is 0 Å². The Labute approximate surface area is 382 Å². The van der Waals surface area contributed by atoms with Crippen molar-refractivity contribution in [3.05, 3.63) is 195 Å². The van der Waals surface area contributed by atoms with Crippen molar-refractivity contribution < 1.29 is 0 Å². The van der Waals surface area contributed by atoms with E-state index in [9.17, 15) is 0 Å². The summed E-state index contributed by atoms with van der Waals surface area (Å²) in [6, 6.07) is 31.8. The Morgan fingerprint density at radius 3 is 2.27 bits per heavy atom. The lowest BCUT2D eigenvalue weighted by Crippen LogP contribution is -2.60. The van der Waals surface area contributed by atoms with E-state index in [1.165, 1.54) is 71.0 Å². The molecular weight excluding hydrogens is 755 g/mol. The van der Waals surface area contributed by atoms with Gasteiger partial charge in [-0.05, 0) is 127 Å². The highest BCUT2D eigenvalue weighted by Gasteiger charge is 2.41. The van der Waals surface area contributed by atoms with Crippen molar-refractivity contribution in [1.82, 2.24) is 0 Å². The van der Waals surface area contributed by atoms with Crippen LogP contribution in [0.1, 0.15) is 174 Å². The van der Waals surface area contributed by atoms with E-state index in [1.54, 1.807) is 38.8 Å². The van der Waals surface area contributed by atoms with E-state index in [0.29, 0.717) is 29.6 Å². The SMILES string of the molecule is Cc1ccc(C(C)C2=CCC(C)C=C2)c(B2c3cc(C(C)(C)C4C=CC=CC4)ccc3C(CCC3=CC=C(C(C)(C)c4ccccc4)CC3)c3cc(C4CCCCC4)cc(C)c32)c1. The van der Waals surface area contributed by atoms with Crippen LogP contribution in [0.2, 0.25) is 0 Å². The van der Waals surface area contributed by atoms with Crippen LogP contribution in [0.3, 0.4) is 0 Å². The summed E-state index contributed by atoms with van der Waals surface area (Å²) in [5.74, 6) is 2.41. The standard InChI is InChI=1S/C62H73B/c1-42-24-30-47(31-25-42)45(4)54-35-26-43(2)38-58(54)63-59-41-53(62(7,8)51-22-16-11-17-23-51)34-37-56(59)55(57-40-49(39-44(3)60(57)63)48-18-12-9-13-19-48)36-29-46-27-32-52(33-28-46)61(5,6)50-20-14-10-15-21-50/h10-11,14-17,20-22,24,26-27,30-32,34-35,37-42,45,48,51,55H,9,12-13,18-19,23,25,28-29,33,36H2,1-8H3. The first-order chi connectivity index (χ1) is 30.4. The van der Waals surface area contributed by atoms with Crippen LogP contribution in [-0.2, 0) is 10.8 Å². The maximum absolute atomic E-state index is 2.75. The lowest BCUT2D eigenvalue weighted by Gasteiger charge is -2.39. The first-order valence-corrected chi connectivity index (χ1v) is 25.0. The molecule has 0 nitrogen and oxygen atoms in total. The fraction of sp³-hybridized carbons (Fsp3) is 0.419. The zero-order valence-electron chi connectivity index (χ0n) is 39.9. The lowest BCUT2D eigenvalue weighted by atomic mass is 9.31. The largest absolute Gasteiger partial charge is 0.242 e. The molecule has 4 aliphatic carbocycles. The summed E-state index contributed by atoms with van der Waals surface area (Å²) < 4.78 is 0. The van der Waals surface area contributed by atoms with Crippen molar-refractivity contribution in [2.24, 2.45) is 11.8 Å². The zero-order valence-corrected chi connectivity index (χ0v) is 39.9. The molecule has 0 aromatic heterocycles. The molecule has 4 atom stereocenters. The Morgan fingerprint density at radius 2 is 1.56 bits per heavy atom. The smallest absolute Gasteiger partial charge is 0.0839 e. The second kappa shape index (κ2) is 18.1. The Hall–Kier alpha value is -4.62. The summed E-state index contributed by atoms with van der Waals surface area (Å²) in [5.41, 5.74) is 21.3. The third-order valence-electron chi connectivity index (χ3n) is 16.8. The van der Waals surface area contributed by atoms with Gasteiger partial charge in [-0.3, -0.25) is 0 Å². The Bertz CT molecular complexity index is 2510. The molecule has 324 valence electrons. The zero-order chi connectivity index (χ0) is 43.9. The number of allylic oxidation sites excluding steroid dienone is 12. The van der Waals surface area contributed by atoms with Crippen molar-refractivity contribution in [3.8, 4) is 0 Å². The molecule has 0 spiro atoms. The molecule has 1 saturated carbocycles. The van der Waals surface area contributed by atoms with Gasteiger partial charge >= 0.3 is 0 Å². The third-order valence-corrected chi connectivity index (χ3v) is 16.8. The van der Waals surface area contributed by atoms with Gasteiger partial charge in [-0.25, -0.2) is 0 Å². The fourth-order valence-electron chi connectivity index (χ4n) is 12.4. The Morgan fingerprint density at radius 1 is 0.746 bits per heavy atom. The molecule has 1 fully saturated rings. The normalized spacial score (nSPS) is 21.9. The topological polar surface area (TPSA) is 0 Å². The van der Waals surface area contributed by atoms with E-state index < -0.39 is 0 Å². The molecule has 1 aliphatic heterocycles. The third kappa shape index (κ3) is 8.68. The number of hydrogen-bond acceptors (Lipinski definition) is 0. The first kappa shape index (κ1) is 43.6. The molecule has 0 saturated heterocycles. The highest BCUT2D eigenvalue weighted by Crippen LogP contribution is 2.43. The summed E-state index contributed by atoms with van der Waals surface area (Å²) in [6.45, 7) is 19.6. The maximum Gasteiger partial charge on any atom is 0.242 e. The molecule has 0 bridgehead atoms. The molecule has 0 amide bonds. The van der Waals surface area contributed by atoms with Gasteiger partial charge in [0.1, 0.15) is 0 Å². The highest BCUT2D eigenvalue weighted by molar-refractivity contribution is 6.97. The van der Waals surface area contributed by atoms with Crippen LogP contribution in [0.15, 0.2) is 150 Å². The molecule has 9 rings (SSSR count). The second-order valence-corrected chi connectivity index (χ2v) is 21.6. The average Bonchev–Trinajstić information content (AvgIpc) is 3.31. The van der Waals surface area contributed by atoms with Gasteiger partial charge in [-0.15, -0.1) is 0 Å². The van der Waals surface area contributed by atoms with Crippen molar-refractivity contribution >= 4 is 23.1 Å². The number of hydrogen-bond donors (Lipinski definition) is 0. The quantitative estimate of drug-likeness (QED) is 0.132. The van der Waals surface area contributed by atoms with Crippen LogP contribution in [0, 0.1) is 25.7 Å². The molecular formula is C62H73B. The van der Waals surface area contributed by atoms with E-state index in [0.717, 1.165) is 38.5 Å². The summed E-state index contributed by atoms with van der Waals surface area (Å²) >= 11 is 0. The molecule has 4 aromatic rings. The van der Waals surface area contributed by atoms with E-state index in [4.69, 9.17) is 0 Å². The van der Waals surface area contributed by atoms with Crippen molar-refractivity contribution in [3.63, 3.8) is 0 Å². The fourth-order valence-corrected chi connectivity index (χ4v) is 12.4. The number of aryl methyl sites for hydroxylation is 2. The molecule has 5 aliphatic rings. The number of fused-ring (bicyclic) bond motifs is 2. The van der Waals surface area contributed by atoms with Gasteiger partial charge in [-0.2, -0.15) is 0 Å². The molecule has 0 N–H and O–H groups in total. The van der Waals surface area contributed by atoms with Crippen LogP contribution < -0.4 is 16.4 Å². The van der Waals surface area contributed by atoms with Crippen molar-refractivity contribution in [2.75, 3.05) is 0 Å². The summed E-state index contributed by atoms with van der Waals surface area (Å²) in [6.07, 6.45) is 35.2. The van der Waals surface area contributed by atoms with Crippen molar-refractivity contribution in [2.45, 2.75) is 155 Å². The lowest BCUT2D eigenvalue weighted by molar-refractivity contribution is 0.382. The minimum absolute atomic E-state index is 0.00189. The highest BCUT2D eigenvalue weighted by atomic mass is 14.4. The van der Waals surface area contributed by atoms with Crippen molar-refractivity contribution in [1.29, 1.82) is 0 Å². The van der Waals surface area contributed by atoms with Gasteiger partial charge in [0.2, 0.25) is 6.71 Å². The van der Waals surface area contributed by atoms with Gasteiger partial charge in [0.05, 0.1) is 0 Å². The van der Waals surface area contributed by atoms with Gasteiger partial charge in [0.25, 0.3) is 0 Å². The van der Waals surface area contributed by atoms with Gasteiger partial charge in [0, 0.05) is 17.3 Å². The van der Waals surface area contributed by atoms with Crippen LogP contribution in [0.5, 0.6) is 0 Å². The predicted molar refractivity (Wildman–Crippen MR) is 274 cm³/mol. The summed E-state index contributed by atoms with van der Waals surface area (Å²) in [4.78, 5) is 0. The van der Waals surface area contributed by atoms with Crippen LogP contribution in [0.4, 0.5) is 0 Å². The van der Waals surface area contributed by atoms with E-state index >= 15 is 0 Å². The molecule has 1 heteroatoms. The average molecular weight is 829 g/mol. The number of benzene rings is 4. The van der Waals surface area contributed by atoms with E-state index in [1.807, 2.05) is 0 Å². The van der Waals surface area contributed by atoms with Gasteiger partial charge in [-0.1, -0.05) is 233 Å². The molecule has 63 heavy (non-hydrogen) atoms. The molecule has 4 unspecified atom stereocenters. The second-order valence-electron chi connectivity index (χ2n) is 21.6. The molecule has 0 radical (unpaired) electrons. The minimum atomic E-state index is -0.00189. The van der Waals surface area contributed by atoms with Crippen LogP contribution in [-0.4, -0.2) is 6.71 Å². The summed E-state index contributed by atoms with van der Waals surface area (Å²) in [7, 11) is 0. The maximum atomic E-state index is 2.75. The van der Waals surface area contributed by atoms with E-state index in [-0.39, 0.29) is 17.5 Å². The predicted octanol–water partition coefficient (Wildman–Crippen LogP) is 14.8. The Kier molecular flexibility index (Phi) is 12.5. The Balaban J connectivity index is 1.19. The van der Waals surface area contributed by atoms with E-state index in [2.05, 4.69) is 189 Å². The molecule has 1 heterocycles. The molecule has 4 aromatic carbocycles. The van der Waals surface area contributed by atoms with Crippen LogP contribution >= 0.6 is 0 Å².